The number of halogens is 2. The van der Waals surface area contributed by atoms with Gasteiger partial charge in [0.15, 0.2) is 0 Å². The number of nitrogens with one attached hydrogen (secondary N) is 1. The Bertz CT molecular complexity index is 1060. The average molecular weight is 458 g/mol. The van der Waals surface area contributed by atoms with E-state index in [4.69, 9.17) is 19.5 Å². The number of amides is 1. The minimum absolute atomic E-state index is 0.0111. The van der Waals surface area contributed by atoms with Crippen molar-refractivity contribution in [2.75, 3.05) is 31.6 Å². The number of piperidine rings is 1. The molecule has 1 N–H and O–H groups in total. The standard InChI is InChI=1S/C23H24F2N4O4/c1-13(2)32-23(30)29-9-15-11-31-12-16(10-29)21(15)33-22-20(25)19(5-6-27-22)28-18-4-3-14(8-26)7-17(18)24/h3-7,13,15-16,21H,9-12H2,1-2H3,(H,27,28). The third-order valence-electron chi connectivity index (χ3n) is 5.57. The molecule has 10 heteroatoms. The predicted molar refractivity (Wildman–Crippen MR) is 114 cm³/mol. The topological polar surface area (TPSA) is 96.7 Å². The van der Waals surface area contributed by atoms with Crippen LogP contribution in [0.2, 0.25) is 0 Å². The Morgan fingerprint density at radius 1 is 1.24 bits per heavy atom. The van der Waals surface area contributed by atoms with Gasteiger partial charge in [-0.05, 0) is 38.1 Å². The molecule has 2 unspecified atom stereocenters. The Morgan fingerprint density at radius 2 is 1.97 bits per heavy atom. The maximum absolute atomic E-state index is 15.2. The third kappa shape index (κ3) is 4.98. The Hall–Kier alpha value is -3.45. The summed E-state index contributed by atoms with van der Waals surface area (Å²) in [6.45, 7) is 5.03. The molecular formula is C23H24F2N4O4. The van der Waals surface area contributed by atoms with Gasteiger partial charge < -0.3 is 24.4 Å². The normalized spacial score (nSPS) is 21.9. The molecule has 174 valence electrons. The molecule has 1 amide bonds. The SMILES string of the molecule is CC(C)OC(=O)N1CC2COCC(C1)C2Oc1nccc(Nc2ccc(C#N)cc2F)c1F. The first-order valence-electron chi connectivity index (χ1n) is 10.7. The number of nitriles is 1. The molecule has 3 heterocycles. The van der Waals surface area contributed by atoms with E-state index in [0.717, 1.165) is 6.07 Å². The van der Waals surface area contributed by atoms with Crippen molar-refractivity contribution in [3.63, 3.8) is 0 Å². The summed E-state index contributed by atoms with van der Waals surface area (Å²) >= 11 is 0. The Kier molecular flexibility index (Phi) is 6.60. The van der Waals surface area contributed by atoms with Crippen LogP contribution in [0.15, 0.2) is 30.5 Å². The number of carbonyl (C=O) groups is 1. The van der Waals surface area contributed by atoms with Gasteiger partial charge in [-0.15, -0.1) is 0 Å². The van der Waals surface area contributed by atoms with E-state index in [-0.39, 0.29) is 46.9 Å². The second-order valence-electron chi connectivity index (χ2n) is 8.39. The van der Waals surface area contributed by atoms with Gasteiger partial charge in [0.05, 0.1) is 42.3 Å². The molecule has 33 heavy (non-hydrogen) atoms. The van der Waals surface area contributed by atoms with Gasteiger partial charge in [-0.1, -0.05) is 0 Å². The van der Waals surface area contributed by atoms with Crippen molar-refractivity contribution in [3.8, 4) is 11.9 Å². The zero-order valence-corrected chi connectivity index (χ0v) is 18.3. The summed E-state index contributed by atoms with van der Waals surface area (Å²) < 4.78 is 46.3. The number of nitrogens with zero attached hydrogens (tertiary/aromatic N) is 3. The first kappa shape index (κ1) is 22.7. The molecule has 8 nitrogen and oxygen atoms in total. The molecule has 0 spiro atoms. The molecule has 0 saturated carbocycles. The smallest absolute Gasteiger partial charge is 0.410 e. The van der Waals surface area contributed by atoms with E-state index in [2.05, 4.69) is 10.3 Å². The van der Waals surface area contributed by atoms with Crippen LogP contribution in [0.4, 0.5) is 25.0 Å². The second-order valence-corrected chi connectivity index (χ2v) is 8.39. The van der Waals surface area contributed by atoms with Gasteiger partial charge in [-0.2, -0.15) is 9.65 Å². The number of anilines is 2. The number of pyridine rings is 1. The van der Waals surface area contributed by atoms with Crippen LogP contribution in [-0.4, -0.2) is 54.5 Å². The lowest BCUT2D eigenvalue weighted by Crippen LogP contribution is -2.58. The predicted octanol–water partition coefficient (Wildman–Crippen LogP) is 3.85. The minimum atomic E-state index is -0.762. The van der Waals surface area contributed by atoms with E-state index < -0.39 is 17.7 Å². The van der Waals surface area contributed by atoms with Crippen LogP contribution in [0.1, 0.15) is 19.4 Å². The van der Waals surface area contributed by atoms with Gasteiger partial charge in [0.1, 0.15) is 11.9 Å². The number of hydrogen-bond donors (Lipinski definition) is 1. The first-order chi connectivity index (χ1) is 15.9. The molecule has 1 aromatic carbocycles. The molecule has 4 rings (SSSR count). The molecule has 0 radical (unpaired) electrons. The maximum atomic E-state index is 15.2. The summed E-state index contributed by atoms with van der Waals surface area (Å²) in [5.41, 5.74) is 0.171. The molecule has 2 fully saturated rings. The molecule has 2 bridgehead atoms. The van der Waals surface area contributed by atoms with E-state index in [1.54, 1.807) is 18.7 Å². The summed E-state index contributed by atoms with van der Waals surface area (Å²) in [5.74, 6) is -2.01. The van der Waals surface area contributed by atoms with Crippen molar-refractivity contribution in [3.05, 3.63) is 47.7 Å². The van der Waals surface area contributed by atoms with Crippen molar-refractivity contribution >= 4 is 17.5 Å². The second kappa shape index (κ2) is 9.58. The zero-order valence-electron chi connectivity index (χ0n) is 18.3. The maximum Gasteiger partial charge on any atom is 0.410 e. The van der Waals surface area contributed by atoms with Crippen molar-refractivity contribution in [1.29, 1.82) is 5.26 Å². The number of ether oxygens (including phenoxy) is 3. The summed E-state index contributed by atoms with van der Waals surface area (Å²) in [6.07, 6.45) is 0.354. The fourth-order valence-corrected chi connectivity index (χ4v) is 4.08. The van der Waals surface area contributed by atoms with E-state index in [0.29, 0.717) is 26.3 Å². The van der Waals surface area contributed by atoms with Crippen LogP contribution in [0.3, 0.4) is 0 Å². The molecular weight excluding hydrogens is 434 g/mol. The van der Waals surface area contributed by atoms with Gasteiger partial charge in [0, 0.05) is 31.1 Å². The van der Waals surface area contributed by atoms with Crippen LogP contribution in [0, 0.1) is 34.8 Å². The van der Waals surface area contributed by atoms with Crippen LogP contribution in [0.25, 0.3) is 0 Å². The van der Waals surface area contributed by atoms with Crippen molar-refractivity contribution in [2.45, 2.75) is 26.1 Å². The number of likely N-dealkylation sites (tertiary alicyclic amines) is 1. The number of benzene rings is 1. The van der Waals surface area contributed by atoms with Crippen LogP contribution in [0.5, 0.6) is 5.88 Å². The Balaban J connectivity index is 1.49. The van der Waals surface area contributed by atoms with Crippen LogP contribution >= 0.6 is 0 Å². The van der Waals surface area contributed by atoms with Gasteiger partial charge in [-0.3, -0.25) is 0 Å². The molecule has 2 atom stereocenters. The number of aromatic nitrogens is 1. The number of fused-ring (bicyclic) bond motifs is 2. The fraction of sp³-hybridized carbons (Fsp3) is 0.435. The average Bonchev–Trinajstić information content (AvgIpc) is 2.76. The number of carbonyl (C=O) groups excluding carboxylic acids is 1. The van der Waals surface area contributed by atoms with Crippen molar-refractivity contribution in [2.24, 2.45) is 11.8 Å². The van der Waals surface area contributed by atoms with E-state index >= 15 is 4.39 Å². The third-order valence-corrected chi connectivity index (χ3v) is 5.57. The molecule has 2 aliphatic heterocycles. The van der Waals surface area contributed by atoms with Crippen LogP contribution in [-0.2, 0) is 9.47 Å². The number of hydrogen-bond acceptors (Lipinski definition) is 7. The van der Waals surface area contributed by atoms with Gasteiger partial charge in [-0.25, -0.2) is 14.2 Å². The molecule has 2 saturated heterocycles. The first-order valence-corrected chi connectivity index (χ1v) is 10.7. The fourth-order valence-electron chi connectivity index (χ4n) is 4.08. The van der Waals surface area contributed by atoms with Crippen molar-refractivity contribution < 1.29 is 27.8 Å². The van der Waals surface area contributed by atoms with Crippen molar-refractivity contribution in [1.82, 2.24) is 9.88 Å². The largest absolute Gasteiger partial charge is 0.471 e. The van der Waals surface area contributed by atoms with E-state index in [1.165, 1.54) is 24.4 Å². The Labute approximate surface area is 190 Å². The van der Waals surface area contributed by atoms with E-state index in [9.17, 15) is 9.18 Å². The molecule has 0 aliphatic carbocycles. The highest BCUT2D eigenvalue weighted by Gasteiger charge is 2.44. The summed E-state index contributed by atoms with van der Waals surface area (Å²) in [5, 5.41) is 11.6. The highest BCUT2D eigenvalue weighted by molar-refractivity contribution is 5.68. The summed E-state index contributed by atoms with van der Waals surface area (Å²) in [4.78, 5) is 18.0. The lowest BCUT2D eigenvalue weighted by Gasteiger charge is -2.45. The monoisotopic (exact) mass is 458 g/mol. The van der Waals surface area contributed by atoms with E-state index in [1.807, 2.05) is 6.07 Å². The number of rotatable bonds is 5. The highest BCUT2D eigenvalue weighted by atomic mass is 19.1. The molecule has 1 aromatic heterocycles. The lowest BCUT2D eigenvalue weighted by atomic mass is 9.84. The molecule has 2 aliphatic rings. The molecule has 2 aromatic rings. The zero-order chi connectivity index (χ0) is 23.5. The summed E-state index contributed by atoms with van der Waals surface area (Å²) in [7, 11) is 0. The lowest BCUT2D eigenvalue weighted by molar-refractivity contribution is -0.111. The summed E-state index contributed by atoms with van der Waals surface area (Å²) in [6, 6.07) is 7.08. The Morgan fingerprint density at radius 3 is 2.61 bits per heavy atom. The quantitative estimate of drug-likeness (QED) is 0.727. The van der Waals surface area contributed by atoms with Crippen LogP contribution < -0.4 is 10.1 Å². The van der Waals surface area contributed by atoms with Gasteiger partial charge in [0.2, 0.25) is 5.82 Å². The minimum Gasteiger partial charge on any atom is -0.471 e. The van der Waals surface area contributed by atoms with Gasteiger partial charge in [0.25, 0.3) is 5.88 Å². The van der Waals surface area contributed by atoms with Gasteiger partial charge >= 0.3 is 6.09 Å². The highest BCUT2D eigenvalue weighted by Crippen LogP contribution is 2.34.